The van der Waals surface area contributed by atoms with Crippen molar-refractivity contribution in [2.75, 3.05) is 32.1 Å². The zero-order valence-electron chi connectivity index (χ0n) is 19.8. The number of carbonyl (C=O) groups is 1. The van der Waals surface area contributed by atoms with E-state index in [-0.39, 0.29) is 5.91 Å². The lowest BCUT2D eigenvalue weighted by Crippen LogP contribution is -2.38. The monoisotopic (exact) mass is 436 g/mol. The van der Waals surface area contributed by atoms with E-state index < -0.39 is 0 Å². The first-order valence-electron chi connectivity index (χ1n) is 12.0. The average molecular weight is 437 g/mol. The molecule has 1 amide bonds. The molecule has 2 heterocycles. The van der Waals surface area contributed by atoms with Crippen LogP contribution >= 0.6 is 0 Å². The second kappa shape index (κ2) is 10.4. The Hall–Kier alpha value is -2.47. The van der Waals surface area contributed by atoms with E-state index in [1.807, 2.05) is 23.1 Å². The van der Waals surface area contributed by atoms with Crippen molar-refractivity contribution in [1.82, 2.24) is 14.9 Å². The van der Waals surface area contributed by atoms with Gasteiger partial charge in [0.05, 0.1) is 13.7 Å². The van der Waals surface area contributed by atoms with Gasteiger partial charge in [0.25, 0.3) is 0 Å². The molecule has 6 nitrogen and oxygen atoms in total. The molecule has 32 heavy (non-hydrogen) atoms. The molecule has 0 radical (unpaired) electrons. The van der Waals surface area contributed by atoms with Gasteiger partial charge in [-0.05, 0) is 63.3 Å². The summed E-state index contributed by atoms with van der Waals surface area (Å²) in [5.41, 5.74) is 3.28. The van der Waals surface area contributed by atoms with Crippen molar-refractivity contribution in [2.24, 2.45) is 5.92 Å². The quantitative estimate of drug-likeness (QED) is 0.617. The summed E-state index contributed by atoms with van der Waals surface area (Å²) in [6, 6.07) is 8.05. The number of carbonyl (C=O) groups excluding carboxylic acids is 1. The molecule has 0 unspecified atom stereocenters. The van der Waals surface area contributed by atoms with Gasteiger partial charge in [0, 0.05) is 30.8 Å². The van der Waals surface area contributed by atoms with Crippen LogP contribution in [0.5, 0.6) is 5.75 Å². The maximum atomic E-state index is 12.8. The van der Waals surface area contributed by atoms with Crippen LogP contribution in [0, 0.1) is 12.8 Å². The third-order valence-electron chi connectivity index (χ3n) is 6.85. The standard InChI is InChI=1S/C26H36N4O2/c1-19-23-12-13-25(31)30(15-14-20-10-7-11-22(16-20)32-3)26(23)28-24(27-19)18-29(2)17-21-8-5-4-6-9-21/h7,10-11,16,21H,4-6,8-9,12-15,17-18H2,1-3H3. The third-order valence-corrected chi connectivity index (χ3v) is 6.85. The number of fused-ring (bicyclic) bond motifs is 1. The average Bonchev–Trinajstić information content (AvgIpc) is 2.79. The Morgan fingerprint density at radius 2 is 1.97 bits per heavy atom. The van der Waals surface area contributed by atoms with Gasteiger partial charge in [0.2, 0.25) is 5.91 Å². The highest BCUT2D eigenvalue weighted by atomic mass is 16.5. The SMILES string of the molecule is COc1cccc(CCN2C(=O)CCc3c(C)nc(CN(C)CC4CCCCC4)nc32)c1. The smallest absolute Gasteiger partial charge is 0.228 e. The molecule has 0 saturated heterocycles. The van der Waals surface area contributed by atoms with Gasteiger partial charge in [-0.3, -0.25) is 14.6 Å². The maximum absolute atomic E-state index is 12.8. The Bertz CT molecular complexity index is 939. The largest absolute Gasteiger partial charge is 0.497 e. The van der Waals surface area contributed by atoms with Crippen LogP contribution in [-0.4, -0.2) is 48.0 Å². The molecule has 1 aromatic carbocycles. The fraction of sp³-hybridized carbons (Fsp3) is 0.577. The summed E-state index contributed by atoms with van der Waals surface area (Å²) < 4.78 is 5.34. The van der Waals surface area contributed by atoms with Crippen molar-refractivity contribution in [1.29, 1.82) is 0 Å². The molecular weight excluding hydrogens is 400 g/mol. The highest BCUT2D eigenvalue weighted by Gasteiger charge is 2.28. The zero-order chi connectivity index (χ0) is 22.5. The van der Waals surface area contributed by atoms with E-state index in [1.54, 1.807) is 7.11 Å². The number of aryl methyl sites for hydroxylation is 1. The number of hydrogen-bond acceptors (Lipinski definition) is 5. The lowest BCUT2D eigenvalue weighted by Gasteiger charge is -2.30. The van der Waals surface area contributed by atoms with Gasteiger partial charge in [-0.15, -0.1) is 0 Å². The molecule has 0 atom stereocenters. The molecule has 0 N–H and O–H groups in total. The Morgan fingerprint density at radius 3 is 2.75 bits per heavy atom. The summed E-state index contributed by atoms with van der Waals surface area (Å²) in [7, 11) is 3.84. The van der Waals surface area contributed by atoms with Crippen molar-refractivity contribution in [3.8, 4) is 5.75 Å². The van der Waals surface area contributed by atoms with Gasteiger partial charge in [0.1, 0.15) is 17.4 Å². The number of aromatic nitrogens is 2. The molecule has 1 aliphatic carbocycles. The van der Waals surface area contributed by atoms with Crippen molar-refractivity contribution in [3.05, 3.63) is 46.9 Å². The lowest BCUT2D eigenvalue weighted by atomic mass is 9.89. The van der Waals surface area contributed by atoms with Gasteiger partial charge in [0.15, 0.2) is 0 Å². The molecule has 6 heteroatoms. The van der Waals surface area contributed by atoms with E-state index in [4.69, 9.17) is 14.7 Å². The van der Waals surface area contributed by atoms with Gasteiger partial charge < -0.3 is 4.74 Å². The molecule has 0 spiro atoms. The summed E-state index contributed by atoms with van der Waals surface area (Å²) in [5, 5.41) is 0. The minimum atomic E-state index is 0.153. The van der Waals surface area contributed by atoms with Gasteiger partial charge in [-0.1, -0.05) is 31.4 Å². The summed E-state index contributed by atoms with van der Waals surface area (Å²) in [6.45, 7) is 4.49. The molecule has 0 bridgehead atoms. The summed E-state index contributed by atoms with van der Waals surface area (Å²) >= 11 is 0. The van der Waals surface area contributed by atoms with Crippen LogP contribution in [0.4, 0.5) is 5.82 Å². The molecule has 1 saturated carbocycles. The van der Waals surface area contributed by atoms with Crippen molar-refractivity contribution in [2.45, 2.75) is 64.8 Å². The molecule has 4 rings (SSSR count). The highest BCUT2D eigenvalue weighted by Crippen LogP contribution is 2.29. The molecule has 1 aromatic heterocycles. The molecule has 1 fully saturated rings. The predicted molar refractivity (Wildman–Crippen MR) is 127 cm³/mol. The fourth-order valence-corrected chi connectivity index (χ4v) is 5.13. The number of rotatable bonds is 8. The van der Waals surface area contributed by atoms with Gasteiger partial charge >= 0.3 is 0 Å². The van der Waals surface area contributed by atoms with E-state index in [9.17, 15) is 4.79 Å². The topological polar surface area (TPSA) is 58.6 Å². The number of anilines is 1. The number of benzene rings is 1. The Labute approximate surface area is 192 Å². The van der Waals surface area contributed by atoms with Gasteiger partial charge in [-0.2, -0.15) is 0 Å². The van der Waals surface area contributed by atoms with Crippen molar-refractivity contribution in [3.63, 3.8) is 0 Å². The number of amides is 1. The zero-order valence-corrected chi connectivity index (χ0v) is 19.8. The number of methoxy groups -OCH3 is 1. The van der Waals surface area contributed by atoms with Crippen LogP contribution < -0.4 is 9.64 Å². The minimum Gasteiger partial charge on any atom is -0.497 e. The van der Waals surface area contributed by atoms with Crippen molar-refractivity contribution >= 4 is 11.7 Å². The molecule has 2 aliphatic rings. The molecule has 2 aromatic rings. The first-order chi connectivity index (χ1) is 15.5. The first kappa shape index (κ1) is 22.7. The Morgan fingerprint density at radius 1 is 1.16 bits per heavy atom. The van der Waals surface area contributed by atoms with Crippen LogP contribution in [0.2, 0.25) is 0 Å². The predicted octanol–water partition coefficient (Wildman–Crippen LogP) is 4.33. The van der Waals surface area contributed by atoms with E-state index >= 15 is 0 Å². The van der Waals surface area contributed by atoms with E-state index in [0.717, 1.165) is 66.1 Å². The van der Waals surface area contributed by atoms with Crippen LogP contribution in [0.15, 0.2) is 24.3 Å². The third kappa shape index (κ3) is 5.47. The van der Waals surface area contributed by atoms with Crippen LogP contribution in [-0.2, 0) is 24.2 Å². The van der Waals surface area contributed by atoms with E-state index in [1.165, 1.54) is 32.1 Å². The fourth-order valence-electron chi connectivity index (χ4n) is 5.13. The number of ether oxygens (including phenoxy) is 1. The van der Waals surface area contributed by atoms with Crippen LogP contribution in [0.1, 0.15) is 61.2 Å². The second-order valence-corrected chi connectivity index (χ2v) is 9.38. The molecule has 1 aliphatic heterocycles. The summed E-state index contributed by atoms with van der Waals surface area (Å²) in [6.07, 6.45) is 8.79. The van der Waals surface area contributed by atoms with Crippen molar-refractivity contribution < 1.29 is 9.53 Å². The Balaban J connectivity index is 1.48. The van der Waals surface area contributed by atoms with Crippen LogP contribution in [0.3, 0.4) is 0 Å². The number of hydrogen-bond donors (Lipinski definition) is 0. The van der Waals surface area contributed by atoms with E-state index in [2.05, 4.69) is 24.9 Å². The summed E-state index contributed by atoms with van der Waals surface area (Å²) in [4.78, 5) is 26.8. The first-order valence-corrected chi connectivity index (χ1v) is 12.0. The van der Waals surface area contributed by atoms with Crippen LogP contribution in [0.25, 0.3) is 0 Å². The lowest BCUT2D eigenvalue weighted by molar-refractivity contribution is -0.118. The Kier molecular flexibility index (Phi) is 7.40. The van der Waals surface area contributed by atoms with E-state index in [0.29, 0.717) is 13.0 Å². The molecular formula is C26H36N4O2. The minimum absolute atomic E-state index is 0.153. The normalized spacial score (nSPS) is 17.0. The number of nitrogens with zero attached hydrogens (tertiary/aromatic N) is 4. The second-order valence-electron chi connectivity index (χ2n) is 9.38. The van der Waals surface area contributed by atoms with Gasteiger partial charge in [-0.25, -0.2) is 9.97 Å². The highest BCUT2D eigenvalue weighted by molar-refractivity contribution is 5.95. The maximum Gasteiger partial charge on any atom is 0.228 e. The molecule has 172 valence electrons. The summed E-state index contributed by atoms with van der Waals surface area (Å²) in [5.74, 6) is 3.42.